The van der Waals surface area contributed by atoms with Crippen molar-refractivity contribution in [3.05, 3.63) is 29.9 Å². The van der Waals surface area contributed by atoms with Gasteiger partial charge in [0.25, 0.3) is 0 Å². The van der Waals surface area contributed by atoms with Crippen molar-refractivity contribution < 1.29 is 14.3 Å². The zero-order valence-electron chi connectivity index (χ0n) is 9.36. The highest BCUT2D eigenvalue weighted by molar-refractivity contribution is 5.84. The maximum Gasteiger partial charge on any atom is 0.317 e. The Morgan fingerprint density at radius 1 is 1.59 bits per heavy atom. The number of carboxylic acids is 1. The van der Waals surface area contributed by atoms with Crippen molar-refractivity contribution in [2.45, 2.75) is 25.2 Å². The number of furan rings is 1. The molecular weight excluding hydrogens is 220 g/mol. The number of carboxylic acid groups (broad SMARTS) is 1. The summed E-state index contributed by atoms with van der Waals surface area (Å²) in [5.41, 5.74) is 0.732. The Balaban J connectivity index is 2.05. The molecule has 1 aliphatic rings. The van der Waals surface area contributed by atoms with Gasteiger partial charge in [0.15, 0.2) is 5.76 Å². The molecule has 0 spiro atoms. The van der Waals surface area contributed by atoms with Gasteiger partial charge >= 0.3 is 5.97 Å². The fraction of sp³-hybridized carbons (Fsp3) is 0.333. The Labute approximate surface area is 97.5 Å². The van der Waals surface area contributed by atoms with Gasteiger partial charge in [-0.25, -0.2) is 4.98 Å². The smallest absolute Gasteiger partial charge is 0.317 e. The first-order valence-corrected chi connectivity index (χ1v) is 5.48. The number of nitrogens with zero attached hydrogens (tertiary/aromatic N) is 1. The largest absolute Gasteiger partial charge is 0.480 e. The van der Waals surface area contributed by atoms with E-state index in [1.54, 1.807) is 12.3 Å². The highest BCUT2D eigenvalue weighted by Gasteiger charge is 2.54. The fourth-order valence-electron chi connectivity index (χ4n) is 2.02. The molecule has 0 unspecified atom stereocenters. The maximum atomic E-state index is 11.2. The first kappa shape index (κ1) is 10.1. The summed E-state index contributed by atoms with van der Waals surface area (Å²) in [6, 6.07) is 3.60. The normalized spacial score (nSPS) is 17.0. The summed E-state index contributed by atoms with van der Waals surface area (Å²) in [5, 5.41) is 9.20. The molecule has 0 aromatic carbocycles. The lowest BCUT2D eigenvalue weighted by molar-refractivity contribution is -0.140. The maximum absolute atomic E-state index is 11.2. The summed E-state index contributed by atoms with van der Waals surface area (Å²) in [6.45, 7) is 1.87. The molecule has 5 heteroatoms. The van der Waals surface area contributed by atoms with E-state index in [2.05, 4.69) is 9.97 Å². The number of aromatic amines is 1. The van der Waals surface area contributed by atoms with Crippen LogP contribution in [0.4, 0.5) is 0 Å². The number of hydrogen-bond acceptors (Lipinski definition) is 3. The van der Waals surface area contributed by atoms with Crippen molar-refractivity contribution in [3.63, 3.8) is 0 Å². The Morgan fingerprint density at radius 3 is 2.88 bits per heavy atom. The van der Waals surface area contributed by atoms with Gasteiger partial charge in [0, 0.05) is 5.69 Å². The standard InChI is InChI=1S/C12H12N2O3/c1-7-9(8-3-2-6-17-8)14-10(13-7)12(4-5-12)11(15)16/h2-3,6H,4-5H2,1H3,(H,13,14)(H,15,16). The summed E-state index contributed by atoms with van der Waals surface area (Å²) in [6.07, 6.45) is 2.87. The minimum absolute atomic E-state index is 0.536. The molecule has 5 nitrogen and oxygen atoms in total. The SMILES string of the molecule is Cc1[nH]c(C2(C(=O)O)CC2)nc1-c1ccco1. The van der Waals surface area contributed by atoms with Gasteiger partial charge in [0.05, 0.1) is 6.26 Å². The molecule has 88 valence electrons. The van der Waals surface area contributed by atoms with Crippen molar-refractivity contribution >= 4 is 5.97 Å². The van der Waals surface area contributed by atoms with Gasteiger partial charge in [0.2, 0.25) is 0 Å². The molecule has 3 rings (SSSR count). The highest BCUT2D eigenvalue weighted by Crippen LogP contribution is 2.47. The summed E-state index contributed by atoms with van der Waals surface area (Å²) in [7, 11) is 0. The topological polar surface area (TPSA) is 79.1 Å². The molecule has 1 aliphatic carbocycles. The predicted molar refractivity (Wildman–Crippen MR) is 59.6 cm³/mol. The molecule has 2 aromatic heterocycles. The molecule has 0 saturated heterocycles. The molecule has 1 fully saturated rings. The molecule has 2 heterocycles. The van der Waals surface area contributed by atoms with Gasteiger partial charge in [-0.05, 0) is 31.9 Å². The van der Waals surface area contributed by atoms with Crippen LogP contribution in [0.3, 0.4) is 0 Å². The van der Waals surface area contributed by atoms with E-state index in [1.807, 2.05) is 13.0 Å². The number of rotatable bonds is 3. The zero-order chi connectivity index (χ0) is 12.0. The first-order valence-electron chi connectivity index (χ1n) is 5.48. The molecule has 0 radical (unpaired) electrons. The highest BCUT2D eigenvalue weighted by atomic mass is 16.4. The molecule has 17 heavy (non-hydrogen) atoms. The van der Waals surface area contributed by atoms with Gasteiger partial charge in [-0.15, -0.1) is 0 Å². The molecule has 0 amide bonds. The Morgan fingerprint density at radius 2 is 2.35 bits per heavy atom. The molecular formula is C12H12N2O3. The van der Waals surface area contributed by atoms with E-state index >= 15 is 0 Å². The average molecular weight is 232 g/mol. The number of aliphatic carboxylic acids is 1. The third-order valence-corrected chi connectivity index (χ3v) is 3.25. The monoisotopic (exact) mass is 232 g/mol. The quantitative estimate of drug-likeness (QED) is 0.849. The van der Waals surface area contributed by atoms with Crippen LogP contribution in [0, 0.1) is 6.92 Å². The lowest BCUT2D eigenvalue weighted by atomic mass is 10.1. The van der Waals surface area contributed by atoms with Crippen molar-refractivity contribution in [3.8, 4) is 11.5 Å². The number of aromatic nitrogens is 2. The number of nitrogens with one attached hydrogen (secondary N) is 1. The van der Waals surface area contributed by atoms with Crippen molar-refractivity contribution in [2.75, 3.05) is 0 Å². The molecule has 2 N–H and O–H groups in total. The van der Waals surface area contributed by atoms with E-state index in [-0.39, 0.29) is 0 Å². The number of carbonyl (C=O) groups is 1. The van der Waals surface area contributed by atoms with Crippen molar-refractivity contribution in [1.29, 1.82) is 0 Å². The van der Waals surface area contributed by atoms with Gasteiger partial charge in [-0.1, -0.05) is 0 Å². The Bertz CT molecular complexity index is 565. The summed E-state index contributed by atoms with van der Waals surface area (Å²) < 4.78 is 5.28. The second-order valence-electron chi connectivity index (χ2n) is 4.42. The Hall–Kier alpha value is -2.04. The van der Waals surface area contributed by atoms with Crippen molar-refractivity contribution in [1.82, 2.24) is 9.97 Å². The first-order chi connectivity index (χ1) is 8.13. The third kappa shape index (κ3) is 1.39. The fourth-order valence-corrected chi connectivity index (χ4v) is 2.02. The van der Waals surface area contributed by atoms with Crippen LogP contribution in [0.1, 0.15) is 24.4 Å². The van der Waals surface area contributed by atoms with Crippen LogP contribution in [0.2, 0.25) is 0 Å². The number of H-pyrrole nitrogens is 1. The van der Waals surface area contributed by atoms with E-state index in [0.29, 0.717) is 30.1 Å². The van der Waals surface area contributed by atoms with Gasteiger partial charge in [0.1, 0.15) is 16.9 Å². The lowest BCUT2D eigenvalue weighted by Crippen LogP contribution is -2.21. The van der Waals surface area contributed by atoms with E-state index < -0.39 is 11.4 Å². The minimum atomic E-state index is -0.808. The van der Waals surface area contributed by atoms with E-state index in [4.69, 9.17) is 4.42 Å². The molecule has 0 bridgehead atoms. The molecule has 0 atom stereocenters. The van der Waals surface area contributed by atoms with Gasteiger partial charge < -0.3 is 14.5 Å². The van der Waals surface area contributed by atoms with Crippen molar-refractivity contribution in [2.24, 2.45) is 0 Å². The molecule has 0 aliphatic heterocycles. The van der Waals surface area contributed by atoms with Crippen LogP contribution >= 0.6 is 0 Å². The van der Waals surface area contributed by atoms with Gasteiger partial charge in [-0.3, -0.25) is 4.79 Å². The van der Waals surface area contributed by atoms with Crippen LogP contribution < -0.4 is 0 Å². The second kappa shape index (κ2) is 3.23. The van der Waals surface area contributed by atoms with E-state index in [0.717, 1.165) is 5.69 Å². The van der Waals surface area contributed by atoms with Gasteiger partial charge in [-0.2, -0.15) is 0 Å². The molecule has 1 saturated carbocycles. The summed E-state index contributed by atoms with van der Waals surface area (Å²) in [5.74, 6) is 0.386. The third-order valence-electron chi connectivity index (χ3n) is 3.25. The summed E-state index contributed by atoms with van der Waals surface area (Å²) >= 11 is 0. The van der Waals surface area contributed by atoms with E-state index in [9.17, 15) is 9.90 Å². The predicted octanol–water partition coefficient (Wildman–Crippen LogP) is 2.09. The molecule has 2 aromatic rings. The van der Waals surface area contributed by atoms with Crippen LogP contribution in [-0.2, 0) is 10.2 Å². The van der Waals surface area contributed by atoms with Crippen LogP contribution in [-0.4, -0.2) is 21.0 Å². The van der Waals surface area contributed by atoms with E-state index in [1.165, 1.54) is 0 Å². The summed E-state index contributed by atoms with van der Waals surface area (Å²) in [4.78, 5) is 18.7. The van der Waals surface area contributed by atoms with Crippen LogP contribution in [0.15, 0.2) is 22.8 Å². The number of imidazole rings is 1. The van der Waals surface area contributed by atoms with Crippen LogP contribution in [0.5, 0.6) is 0 Å². The minimum Gasteiger partial charge on any atom is -0.480 e. The number of aryl methyl sites for hydroxylation is 1. The average Bonchev–Trinajstić information content (AvgIpc) is 2.76. The number of hydrogen-bond donors (Lipinski definition) is 2. The zero-order valence-corrected chi connectivity index (χ0v) is 9.36. The lowest BCUT2D eigenvalue weighted by Gasteiger charge is -2.04. The van der Waals surface area contributed by atoms with Crippen LogP contribution in [0.25, 0.3) is 11.5 Å². The Kier molecular flexibility index (Phi) is 1.92. The second-order valence-corrected chi connectivity index (χ2v) is 4.42.